The lowest BCUT2D eigenvalue weighted by molar-refractivity contribution is 0.264. The molecule has 0 saturated carbocycles. The summed E-state index contributed by atoms with van der Waals surface area (Å²) in [5, 5.41) is 0. The molecule has 2 aliphatic heterocycles. The smallest absolute Gasteiger partial charge is 0.283 e. The minimum Gasteiger partial charge on any atom is -0.462 e. The van der Waals surface area contributed by atoms with E-state index in [1.807, 2.05) is 12.1 Å². The van der Waals surface area contributed by atoms with Crippen molar-refractivity contribution >= 4 is 6.02 Å². The Bertz CT molecular complexity index is 1170. The maximum atomic E-state index is 6.23. The molecule has 4 heterocycles. The fourth-order valence-electron chi connectivity index (χ4n) is 4.07. The molecular formula is C24H25N5O2. The van der Waals surface area contributed by atoms with Gasteiger partial charge in [-0.05, 0) is 42.0 Å². The van der Waals surface area contributed by atoms with Gasteiger partial charge in [0.1, 0.15) is 18.7 Å². The summed E-state index contributed by atoms with van der Waals surface area (Å²) in [5.74, 6) is 1.41. The van der Waals surface area contributed by atoms with Gasteiger partial charge in [-0.15, -0.1) is 0 Å². The Morgan fingerprint density at radius 1 is 1.00 bits per heavy atom. The van der Waals surface area contributed by atoms with Crippen molar-refractivity contribution in [2.75, 3.05) is 6.61 Å². The largest absolute Gasteiger partial charge is 0.462 e. The molecule has 0 saturated heterocycles. The van der Waals surface area contributed by atoms with Crippen LogP contribution in [0, 0.1) is 5.41 Å². The van der Waals surface area contributed by atoms with Gasteiger partial charge in [0.05, 0.1) is 6.20 Å². The van der Waals surface area contributed by atoms with Crippen LogP contribution in [-0.4, -0.2) is 27.6 Å². The van der Waals surface area contributed by atoms with Crippen LogP contribution in [0.5, 0.6) is 11.5 Å². The van der Waals surface area contributed by atoms with Crippen molar-refractivity contribution in [1.29, 1.82) is 0 Å². The molecule has 0 fully saturated rings. The third-order valence-corrected chi connectivity index (χ3v) is 5.77. The number of hydrogen-bond donors (Lipinski definition) is 1. The molecule has 0 bridgehead atoms. The van der Waals surface area contributed by atoms with Crippen LogP contribution in [0.3, 0.4) is 0 Å². The highest BCUT2D eigenvalue weighted by molar-refractivity contribution is 5.77. The molecule has 0 aliphatic carbocycles. The zero-order valence-electron chi connectivity index (χ0n) is 17.9. The van der Waals surface area contributed by atoms with Gasteiger partial charge in [0.25, 0.3) is 6.02 Å². The van der Waals surface area contributed by atoms with Crippen LogP contribution in [0.15, 0.2) is 54.2 Å². The van der Waals surface area contributed by atoms with Crippen LogP contribution in [-0.2, 0) is 16.7 Å². The summed E-state index contributed by atoms with van der Waals surface area (Å²) in [6.45, 7) is 7.02. The Hall–Kier alpha value is -3.48. The molecule has 2 aliphatic rings. The van der Waals surface area contributed by atoms with E-state index in [0.717, 1.165) is 46.5 Å². The molecule has 2 aromatic heterocycles. The van der Waals surface area contributed by atoms with Crippen LogP contribution >= 0.6 is 0 Å². The second-order valence-corrected chi connectivity index (χ2v) is 9.27. The lowest BCUT2D eigenvalue weighted by Crippen LogP contribution is -2.31. The van der Waals surface area contributed by atoms with E-state index in [1.54, 1.807) is 18.6 Å². The van der Waals surface area contributed by atoms with Crippen molar-refractivity contribution in [3.8, 4) is 22.6 Å². The van der Waals surface area contributed by atoms with Gasteiger partial charge < -0.3 is 15.2 Å². The van der Waals surface area contributed by atoms with E-state index in [0.29, 0.717) is 12.4 Å². The fourth-order valence-corrected chi connectivity index (χ4v) is 4.07. The molecule has 0 radical (unpaired) electrons. The van der Waals surface area contributed by atoms with Crippen LogP contribution in [0.25, 0.3) is 11.1 Å². The zero-order valence-corrected chi connectivity index (χ0v) is 17.9. The van der Waals surface area contributed by atoms with Gasteiger partial charge in [-0.1, -0.05) is 26.8 Å². The van der Waals surface area contributed by atoms with Crippen LogP contribution in [0.1, 0.15) is 44.0 Å². The second kappa shape index (κ2) is 7.04. The molecule has 0 amide bonds. The molecule has 158 valence electrons. The highest BCUT2D eigenvalue weighted by atomic mass is 16.5. The average molecular weight is 415 g/mol. The second-order valence-electron chi connectivity index (χ2n) is 9.27. The van der Waals surface area contributed by atoms with E-state index < -0.39 is 5.54 Å². The molecule has 0 unspecified atom stereocenters. The first-order valence-corrected chi connectivity index (χ1v) is 10.4. The van der Waals surface area contributed by atoms with Gasteiger partial charge in [0.15, 0.2) is 11.3 Å². The highest BCUT2D eigenvalue weighted by Gasteiger charge is 2.47. The van der Waals surface area contributed by atoms with Gasteiger partial charge >= 0.3 is 0 Å². The van der Waals surface area contributed by atoms with Crippen LogP contribution in [0.2, 0.25) is 0 Å². The Balaban J connectivity index is 1.63. The highest BCUT2D eigenvalue weighted by Crippen LogP contribution is 2.51. The molecule has 7 nitrogen and oxygen atoms in total. The number of nitrogens with zero attached hydrogens (tertiary/aromatic N) is 4. The normalized spacial score (nSPS) is 19.3. The Morgan fingerprint density at radius 3 is 2.48 bits per heavy atom. The molecule has 1 spiro atoms. The van der Waals surface area contributed by atoms with Gasteiger partial charge in [-0.2, -0.15) is 0 Å². The number of hydrogen-bond acceptors (Lipinski definition) is 7. The minimum atomic E-state index is -0.766. The first kappa shape index (κ1) is 19.5. The first-order valence-electron chi connectivity index (χ1n) is 10.4. The van der Waals surface area contributed by atoms with Gasteiger partial charge in [-0.3, -0.25) is 4.98 Å². The zero-order chi connectivity index (χ0) is 21.6. The molecule has 3 aromatic rings. The van der Waals surface area contributed by atoms with Crippen molar-refractivity contribution in [2.24, 2.45) is 16.1 Å². The number of fused-ring (bicyclic) bond motifs is 4. The van der Waals surface area contributed by atoms with Crippen molar-refractivity contribution in [3.05, 3.63) is 66.0 Å². The lowest BCUT2D eigenvalue weighted by Gasteiger charge is -2.33. The summed E-state index contributed by atoms with van der Waals surface area (Å²) >= 11 is 0. The summed E-state index contributed by atoms with van der Waals surface area (Å²) < 4.78 is 11.9. The van der Waals surface area contributed by atoms with Crippen LogP contribution < -0.4 is 10.5 Å². The summed E-state index contributed by atoms with van der Waals surface area (Å²) in [7, 11) is 0. The number of ether oxygens (including phenoxy) is 2. The van der Waals surface area contributed by atoms with Crippen LogP contribution in [0.4, 0.5) is 0 Å². The monoisotopic (exact) mass is 415 g/mol. The topological polar surface area (TPSA) is 95.5 Å². The Labute approximate surface area is 181 Å². The van der Waals surface area contributed by atoms with Gasteiger partial charge in [-0.25, -0.2) is 15.0 Å². The van der Waals surface area contributed by atoms with E-state index in [9.17, 15) is 0 Å². The number of aryl methyl sites for hydroxylation is 1. The van der Waals surface area contributed by atoms with Gasteiger partial charge in [0.2, 0.25) is 0 Å². The summed E-state index contributed by atoms with van der Waals surface area (Å²) in [5.41, 5.74) is 10.2. The number of rotatable bonds is 3. The standard InChI is InChI=1S/C24H25N5O2/c1-23(2,3)7-6-17-9-19-21(12-28-17)31-20-5-4-15(16-10-26-14-27-11-16)8-18(20)24(19)13-30-22(25)29-24/h4-5,8-12,14H,6-7,13H2,1-3H3,(H2,25,29)/t24-/m0/s1. The number of nitrogens with two attached hydrogens (primary N) is 1. The van der Waals surface area contributed by atoms with E-state index in [2.05, 4.69) is 47.9 Å². The number of aromatic nitrogens is 3. The van der Waals surface area contributed by atoms with Gasteiger partial charge in [0, 0.05) is 34.8 Å². The number of amidine groups is 1. The molecule has 1 atom stereocenters. The average Bonchev–Trinajstić information content (AvgIpc) is 3.15. The SMILES string of the molecule is CC(C)(C)CCc1cc2c(cn1)Oc1ccc(-c3cncnc3)cc1[C@@]21COC(N)=N1. The molecule has 2 N–H and O–H groups in total. The summed E-state index contributed by atoms with van der Waals surface area (Å²) in [6, 6.07) is 8.27. The minimum absolute atomic E-state index is 0.181. The number of aliphatic imine (C=N–C) groups is 1. The third-order valence-electron chi connectivity index (χ3n) is 5.77. The van der Waals surface area contributed by atoms with E-state index in [-0.39, 0.29) is 11.4 Å². The quantitative estimate of drug-likeness (QED) is 0.688. The predicted molar refractivity (Wildman–Crippen MR) is 118 cm³/mol. The predicted octanol–water partition coefficient (Wildman–Crippen LogP) is 4.21. The Morgan fingerprint density at radius 2 is 1.77 bits per heavy atom. The van der Waals surface area contributed by atoms with Crippen molar-refractivity contribution in [2.45, 2.75) is 39.2 Å². The molecule has 7 heteroatoms. The van der Waals surface area contributed by atoms with E-state index in [4.69, 9.17) is 20.2 Å². The third kappa shape index (κ3) is 3.50. The summed E-state index contributed by atoms with van der Waals surface area (Å²) in [6.07, 6.45) is 8.79. The fraction of sp³-hybridized carbons (Fsp3) is 0.333. The number of pyridine rings is 1. The molecular weight excluding hydrogens is 390 g/mol. The Kier molecular flexibility index (Phi) is 4.43. The molecule has 31 heavy (non-hydrogen) atoms. The number of benzene rings is 1. The molecule has 5 rings (SSSR count). The lowest BCUT2D eigenvalue weighted by atomic mass is 9.80. The first-order chi connectivity index (χ1) is 14.8. The summed E-state index contributed by atoms with van der Waals surface area (Å²) in [4.78, 5) is 17.7. The van der Waals surface area contributed by atoms with Crippen molar-refractivity contribution in [3.63, 3.8) is 0 Å². The van der Waals surface area contributed by atoms with E-state index in [1.165, 1.54) is 6.33 Å². The maximum Gasteiger partial charge on any atom is 0.283 e. The maximum absolute atomic E-state index is 6.23. The van der Waals surface area contributed by atoms with Crippen molar-refractivity contribution < 1.29 is 9.47 Å². The van der Waals surface area contributed by atoms with Crippen molar-refractivity contribution in [1.82, 2.24) is 15.0 Å². The molecule has 1 aromatic carbocycles. The van der Waals surface area contributed by atoms with E-state index >= 15 is 0 Å².